The first kappa shape index (κ1) is 55.3. The summed E-state index contributed by atoms with van der Waals surface area (Å²) >= 11 is 1.84. The van der Waals surface area contributed by atoms with Crippen LogP contribution in [0.5, 0.6) is 0 Å². The van der Waals surface area contributed by atoms with Crippen LogP contribution < -0.4 is 26.2 Å². The highest BCUT2D eigenvalue weighted by Gasteiger charge is 2.53. The number of rotatable bonds is 5. The molecule has 0 radical (unpaired) electrons. The third-order valence-corrected chi connectivity index (χ3v) is 21.2. The van der Waals surface area contributed by atoms with Crippen molar-refractivity contribution in [1.82, 2.24) is 4.98 Å². The molecule has 7 aromatic carbocycles. The third-order valence-electron chi connectivity index (χ3n) is 20.1. The fourth-order valence-corrected chi connectivity index (χ4v) is 16.5. The molecule has 14 rings (SSSR count). The van der Waals surface area contributed by atoms with Crippen LogP contribution in [0.25, 0.3) is 31.9 Å². The molecule has 4 fully saturated rings. The number of anilines is 6. The lowest BCUT2D eigenvalue weighted by molar-refractivity contribution is -0.00514. The molecule has 4 bridgehead atoms. The molecule has 8 aromatic rings. The van der Waals surface area contributed by atoms with Crippen molar-refractivity contribution in [2.45, 2.75) is 201 Å². The van der Waals surface area contributed by atoms with E-state index in [1.165, 1.54) is 138 Å². The first-order chi connectivity index (χ1) is 38.3. The Morgan fingerprint density at radius 1 is 0.402 bits per heavy atom. The lowest BCUT2D eigenvalue weighted by Gasteiger charge is -2.57. The Hall–Kier alpha value is -5.91. The Morgan fingerprint density at radius 3 is 1.26 bits per heavy atom. The van der Waals surface area contributed by atoms with Crippen LogP contribution in [0.2, 0.25) is 0 Å². The van der Waals surface area contributed by atoms with Gasteiger partial charge in [0.25, 0.3) is 6.71 Å². The van der Waals surface area contributed by atoms with E-state index in [4.69, 9.17) is 4.98 Å². The van der Waals surface area contributed by atoms with Crippen LogP contribution in [0.1, 0.15) is 202 Å². The zero-order valence-corrected chi connectivity index (χ0v) is 53.7. The number of aromatic nitrogens is 1. The SMILES string of the molecule is CC(C)(C)c1ccc(-c2ccc(-c3nc4cc5c(cc4s3)B3c4cc(C(C)(C)C)ccc4N(c4cc(C(C)(C)C)cc(C(C)(C)C)c4)c4cc(C67CC8CC(CC(C8)C6)C7)cc(c43)N5c3cc(C(C)(C)C)cc(C(C)(C)C)c3)cc2)cc1. The normalized spacial score (nSPS) is 20.6. The van der Waals surface area contributed by atoms with Crippen molar-refractivity contribution >= 4 is 78.8 Å². The highest BCUT2D eigenvalue weighted by atomic mass is 32.1. The predicted molar refractivity (Wildman–Crippen MR) is 357 cm³/mol. The first-order valence-electron chi connectivity index (χ1n) is 31.2. The average molecular weight is 1100 g/mol. The van der Waals surface area contributed by atoms with Crippen molar-refractivity contribution in [3.63, 3.8) is 0 Å². The molecule has 0 unspecified atom stereocenters. The smallest absolute Gasteiger partial charge is 0.252 e. The summed E-state index contributed by atoms with van der Waals surface area (Å²) < 4.78 is 1.23. The molecule has 6 aliphatic rings. The van der Waals surface area contributed by atoms with Crippen molar-refractivity contribution in [2.24, 2.45) is 17.8 Å². The molecule has 0 spiro atoms. The van der Waals surface area contributed by atoms with Crippen molar-refractivity contribution < 1.29 is 0 Å². The van der Waals surface area contributed by atoms with Crippen LogP contribution in [0.3, 0.4) is 0 Å². The van der Waals surface area contributed by atoms with Gasteiger partial charge in [0, 0.05) is 39.7 Å². The summed E-state index contributed by atoms with van der Waals surface area (Å²) in [5, 5.41) is 1.06. The number of nitrogens with zero attached hydrogens (tertiary/aromatic N) is 3. The van der Waals surface area contributed by atoms with Gasteiger partial charge in [0.05, 0.1) is 10.2 Å². The Labute approximate surface area is 497 Å². The summed E-state index contributed by atoms with van der Waals surface area (Å²) in [6, 6.07) is 51.7. The van der Waals surface area contributed by atoms with E-state index in [1.807, 2.05) is 11.3 Å². The molecule has 0 amide bonds. The number of hydrogen-bond acceptors (Lipinski definition) is 4. The van der Waals surface area contributed by atoms with Gasteiger partial charge in [0.2, 0.25) is 0 Å². The fraction of sp³-hybridized carbons (Fsp3) is 0.442. The zero-order valence-electron chi connectivity index (χ0n) is 52.9. The molecule has 0 N–H and O–H groups in total. The summed E-state index contributed by atoms with van der Waals surface area (Å²) in [7, 11) is 0. The van der Waals surface area contributed by atoms with Gasteiger partial charge in [-0.05, 0) is 215 Å². The Kier molecular flexibility index (Phi) is 12.5. The van der Waals surface area contributed by atoms with Crippen molar-refractivity contribution in [3.8, 4) is 21.7 Å². The largest absolute Gasteiger partial charge is 0.311 e. The van der Waals surface area contributed by atoms with E-state index in [0.717, 1.165) is 33.8 Å². The summed E-state index contributed by atoms with van der Waals surface area (Å²) in [5.74, 6) is 2.44. The number of thiazole rings is 1. The van der Waals surface area contributed by atoms with Crippen molar-refractivity contribution in [1.29, 1.82) is 0 Å². The molecule has 5 heteroatoms. The van der Waals surface area contributed by atoms with Crippen LogP contribution in [-0.2, 0) is 37.9 Å². The second kappa shape index (κ2) is 18.5. The maximum Gasteiger partial charge on any atom is 0.252 e. The van der Waals surface area contributed by atoms with Crippen LogP contribution in [0.4, 0.5) is 34.1 Å². The standard InChI is InChI=1S/C77H90BN3S/c1-71(2,3)52-25-23-50(24-26-52)49-19-21-51(22-20-49)70-79-63-42-65-62(41-68(63)82-70)78-61-38-53(72(4,5)6)27-28-64(61)80(59-34-54(73(7,8)9)32-55(35-59)74(10,11)12)66-39-58(77-43-46-29-47(44-77)31-48(30-46)45-77)40-67(69(66)78)81(65)60-36-56(75(13,14)15)33-57(37-60)76(16,17)18/h19-28,32-42,46-48H,29-31,43-45H2,1-18H3. The van der Waals surface area contributed by atoms with Gasteiger partial charge in [-0.1, -0.05) is 197 Å². The minimum atomic E-state index is -0.0707. The maximum absolute atomic E-state index is 5.64. The Bertz CT molecular complexity index is 3750. The van der Waals surface area contributed by atoms with E-state index in [-0.39, 0.29) is 44.6 Å². The average Bonchev–Trinajstić information content (AvgIpc) is 0.832. The van der Waals surface area contributed by atoms with Crippen LogP contribution in [0.15, 0.2) is 127 Å². The predicted octanol–water partition coefficient (Wildman–Crippen LogP) is 20.0. The highest BCUT2D eigenvalue weighted by molar-refractivity contribution is 7.21. The molecule has 4 saturated carbocycles. The van der Waals surface area contributed by atoms with Crippen molar-refractivity contribution in [3.05, 3.63) is 166 Å². The van der Waals surface area contributed by atoms with Crippen molar-refractivity contribution in [2.75, 3.05) is 9.80 Å². The van der Waals surface area contributed by atoms with Gasteiger partial charge >= 0.3 is 0 Å². The molecule has 2 aliphatic heterocycles. The van der Waals surface area contributed by atoms with E-state index in [9.17, 15) is 0 Å². The summed E-state index contributed by atoms with van der Waals surface area (Å²) in [4.78, 5) is 11.1. The summed E-state index contributed by atoms with van der Waals surface area (Å²) in [5.41, 5.74) is 26.3. The van der Waals surface area contributed by atoms with Gasteiger partial charge in [-0.2, -0.15) is 0 Å². The lowest BCUT2D eigenvalue weighted by atomic mass is 9.33. The molecule has 422 valence electrons. The molecule has 82 heavy (non-hydrogen) atoms. The molecule has 1 aromatic heterocycles. The molecule has 0 saturated heterocycles. The van der Waals surface area contributed by atoms with Crippen LogP contribution in [-0.4, -0.2) is 11.7 Å². The highest BCUT2D eigenvalue weighted by Crippen LogP contribution is 2.62. The molecular weight excluding hydrogens is 1010 g/mol. The maximum atomic E-state index is 5.64. The van der Waals surface area contributed by atoms with Crippen LogP contribution >= 0.6 is 11.3 Å². The van der Waals surface area contributed by atoms with Gasteiger partial charge in [0.15, 0.2) is 0 Å². The second-order valence-corrected chi connectivity index (χ2v) is 33.6. The van der Waals surface area contributed by atoms with Gasteiger partial charge in [-0.3, -0.25) is 0 Å². The molecule has 4 aliphatic carbocycles. The third kappa shape index (κ3) is 9.50. The van der Waals surface area contributed by atoms with Gasteiger partial charge in [-0.25, -0.2) is 4.98 Å². The molecule has 0 atom stereocenters. The second-order valence-electron chi connectivity index (χ2n) is 32.6. The fourth-order valence-electron chi connectivity index (χ4n) is 15.5. The molecule has 3 heterocycles. The quantitative estimate of drug-likeness (QED) is 0.160. The number of hydrogen-bond donors (Lipinski definition) is 0. The number of fused-ring (bicyclic) bond motifs is 5. The Balaban J connectivity index is 1.11. The van der Waals surface area contributed by atoms with E-state index < -0.39 is 0 Å². The topological polar surface area (TPSA) is 19.4 Å². The van der Waals surface area contributed by atoms with Gasteiger partial charge < -0.3 is 9.80 Å². The molecular formula is C77H90BN3S. The monoisotopic (exact) mass is 1100 g/mol. The Morgan fingerprint density at radius 2 is 0.805 bits per heavy atom. The van der Waals surface area contributed by atoms with E-state index in [2.05, 4.69) is 262 Å². The van der Waals surface area contributed by atoms with Crippen LogP contribution in [0, 0.1) is 17.8 Å². The number of benzene rings is 7. The minimum Gasteiger partial charge on any atom is -0.311 e. The zero-order chi connectivity index (χ0) is 58.2. The van der Waals surface area contributed by atoms with Gasteiger partial charge in [-0.15, -0.1) is 11.3 Å². The first-order valence-corrected chi connectivity index (χ1v) is 32.0. The lowest BCUT2D eigenvalue weighted by Crippen LogP contribution is -2.61. The van der Waals surface area contributed by atoms with E-state index >= 15 is 0 Å². The van der Waals surface area contributed by atoms with Gasteiger partial charge in [0.1, 0.15) is 5.01 Å². The summed E-state index contributed by atoms with van der Waals surface area (Å²) in [6.45, 7) is 42.7. The summed E-state index contributed by atoms with van der Waals surface area (Å²) in [6.07, 6.45) is 8.16. The van der Waals surface area contributed by atoms with E-state index in [0.29, 0.717) is 0 Å². The molecule has 3 nitrogen and oxygen atoms in total. The minimum absolute atomic E-state index is 0.0186. The van der Waals surface area contributed by atoms with E-state index in [1.54, 1.807) is 5.56 Å².